The molecule has 0 spiro atoms. The largest absolute Gasteiger partial charge is 0.456 e. The van der Waals surface area contributed by atoms with Gasteiger partial charge in [0.25, 0.3) is 5.91 Å². The molecule has 1 fully saturated rings. The first kappa shape index (κ1) is 18.4. The summed E-state index contributed by atoms with van der Waals surface area (Å²) >= 11 is 0. The minimum absolute atomic E-state index is 0.127. The lowest BCUT2D eigenvalue weighted by molar-refractivity contribution is 0.0811. The van der Waals surface area contributed by atoms with E-state index < -0.39 is 0 Å². The number of piperidine rings is 1. The summed E-state index contributed by atoms with van der Waals surface area (Å²) in [7, 11) is 0. The van der Waals surface area contributed by atoms with Gasteiger partial charge in [-0.15, -0.1) is 0 Å². The van der Waals surface area contributed by atoms with Gasteiger partial charge in [0.15, 0.2) is 0 Å². The van der Waals surface area contributed by atoms with E-state index in [4.69, 9.17) is 4.74 Å². The maximum atomic E-state index is 12.8. The highest BCUT2D eigenvalue weighted by molar-refractivity contribution is 5.96. The molecule has 1 aromatic heterocycles. The molecular weight excluding hydrogens is 326 g/mol. The average molecular weight is 353 g/mol. The molecule has 1 aromatic carbocycles. The average Bonchev–Trinajstić information content (AvgIpc) is 2.63. The maximum absolute atomic E-state index is 12.8. The van der Waals surface area contributed by atoms with Crippen LogP contribution in [-0.4, -0.2) is 40.5 Å². The number of rotatable bonds is 4. The third-order valence-corrected chi connectivity index (χ3v) is 4.78. The fraction of sp³-hybridized carbons (Fsp3) is 0.429. The summed E-state index contributed by atoms with van der Waals surface area (Å²) in [4.78, 5) is 19.3. The van der Waals surface area contributed by atoms with Crippen molar-refractivity contribution in [2.45, 2.75) is 45.2 Å². The monoisotopic (exact) mass is 353 g/mol. The smallest absolute Gasteiger partial charge is 0.256 e. The van der Waals surface area contributed by atoms with E-state index in [0.717, 1.165) is 25.9 Å². The van der Waals surface area contributed by atoms with Gasteiger partial charge in [0, 0.05) is 37.1 Å². The van der Waals surface area contributed by atoms with Gasteiger partial charge in [-0.05, 0) is 51.8 Å². The van der Waals surface area contributed by atoms with Gasteiger partial charge in [-0.2, -0.15) is 0 Å². The number of benzene rings is 1. The lowest BCUT2D eigenvalue weighted by Gasteiger charge is -2.41. The van der Waals surface area contributed by atoms with Crippen molar-refractivity contribution in [1.82, 2.24) is 15.2 Å². The van der Waals surface area contributed by atoms with Gasteiger partial charge in [0.2, 0.25) is 0 Å². The summed E-state index contributed by atoms with van der Waals surface area (Å²) in [6, 6.07) is 11.4. The lowest BCUT2D eigenvalue weighted by atomic mass is 9.98. The zero-order valence-electron chi connectivity index (χ0n) is 15.7. The van der Waals surface area contributed by atoms with Crippen molar-refractivity contribution >= 4 is 5.91 Å². The van der Waals surface area contributed by atoms with E-state index in [1.807, 2.05) is 30.3 Å². The Bertz CT molecular complexity index is 732. The van der Waals surface area contributed by atoms with Crippen LogP contribution < -0.4 is 10.1 Å². The van der Waals surface area contributed by atoms with Crippen molar-refractivity contribution < 1.29 is 9.53 Å². The Morgan fingerprint density at radius 1 is 1.15 bits per heavy atom. The predicted octanol–water partition coefficient (Wildman–Crippen LogP) is 3.87. The van der Waals surface area contributed by atoms with Gasteiger partial charge < -0.3 is 10.1 Å². The van der Waals surface area contributed by atoms with Gasteiger partial charge in [-0.25, -0.2) is 0 Å². The van der Waals surface area contributed by atoms with Gasteiger partial charge in [0.05, 0.1) is 0 Å². The topological polar surface area (TPSA) is 54.5 Å². The Balaban J connectivity index is 1.64. The summed E-state index contributed by atoms with van der Waals surface area (Å²) in [6.45, 7) is 8.68. The maximum Gasteiger partial charge on any atom is 0.256 e. The fourth-order valence-electron chi connectivity index (χ4n) is 3.21. The number of hydrogen-bond acceptors (Lipinski definition) is 4. The molecule has 1 amide bonds. The van der Waals surface area contributed by atoms with Gasteiger partial charge in [0.1, 0.15) is 17.1 Å². The van der Waals surface area contributed by atoms with Crippen molar-refractivity contribution in [3.8, 4) is 11.5 Å². The van der Waals surface area contributed by atoms with E-state index in [2.05, 4.69) is 36.0 Å². The fourth-order valence-corrected chi connectivity index (χ4v) is 3.21. The molecule has 138 valence electrons. The second kappa shape index (κ2) is 7.87. The normalized spacial score (nSPS) is 16.3. The third-order valence-electron chi connectivity index (χ3n) is 4.78. The molecule has 0 saturated carbocycles. The van der Waals surface area contributed by atoms with E-state index in [1.54, 1.807) is 18.5 Å². The molecule has 5 nitrogen and oxygen atoms in total. The van der Waals surface area contributed by atoms with E-state index >= 15 is 0 Å². The van der Waals surface area contributed by atoms with Gasteiger partial charge in [-0.3, -0.25) is 14.7 Å². The number of nitrogens with zero attached hydrogens (tertiary/aromatic N) is 2. The molecular formula is C21H27N3O2. The number of aromatic nitrogens is 1. The molecule has 0 radical (unpaired) electrons. The van der Waals surface area contributed by atoms with Crippen LogP contribution in [0.15, 0.2) is 48.8 Å². The van der Waals surface area contributed by atoms with Crippen LogP contribution in [0.25, 0.3) is 0 Å². The SMILES string of the molecule is CC(C)(C)N1CCC(NC(=O)c2cnccc2Oc2ccccc2)CC1. The first-order valence-electron chi connectivity index (χ1n) is 9.16. The number of pyridine rings is 1. The third kappa shape index (κ3) is 4.61. The molecule has 2 aromatic rings. The summed E-state index contributed by atoms with van der Waals surface area (Å²) in [6.07, 6.45) is 5.12. The molecule has 26 heavy (non-hydrogen) atoms. The zero-order valence-corrected chi connectivity index (χ0v) is 15.7. The molecule has 1 saturated heterocycles. The molecule has 1 aliphatic heterocycles. The highest BCUT2D eigenvalue weighted by Crippen LogP contribution is 2.25. The Hall–Kier alpha value is -2.40. The van der Waals surface area contributed by atoms with Crippen LogP contribution in [0.1, 0.15) is 44.0 Å². The molecule has 5 heteroatoms. The highest BCUT2D eigenvalue weighted by Gasteiger charge is 2.28. The number of para-hydroxylation sites is 1. The number of carbonyl (C=O) groups is 1. The first-order chi connectivity index (χ1) is 12.4. The molecule has 1 aliphatic rings. The molecule has 1 N–H and O–H groups in total. The number of nitrogens with one attached hydrogen (secondary N) is 1. The second-order valence-electron chi connectivity index (χ2n) is 7.69. The Morgan fingerprint density at radius 2 is 1.85 bits per heavy atom. The summed E-state index contributed by atoms with van der Waals surface area (Å²) < 4.78 is 5.87. The number of hydrogen-bond donors (Lipinski definition) is 1. The molecule has 0 atom stereocenters. The van der Waals surface area contributed by atoms with E-state index in [-0.39, 0.29) is 17.5 Å². The van der Waals surface area contributed by atoms with Crippen molar-refractivity contribution in [1.29, 1.82) is 0 Å². The van der Waals surface area contributed by atoms with Crippen LogP contribution in [0.4, 0.5) is 0 Å². The molecule has 3 rings (SSSR count). The van der Waals surface area contributed by atoms with Crippen molar-refractivity contribution in [2.24, 2.45) is 0 Å². The standard InChI is InChI=1S/C21H27N3O2/c1-21(2,3)24-13-10-16(11-14-24)23-20(25)18-15-22-12-9-19(18)26-17-7-5-4-6-8-17/h4-9,12,15-16H,10-11,13-14H2,1-3H3,(H,23,25). The van der Waals surface area contributed by atoms with Gasteiger partial charge in [-0.1, -0.05) is 18.2 Å². The predicted molar refractivity (Wildman–Crippen MR) is 103 cm³/mol. The molecule has 0 aliphatic carbocycles. The Labute approximate surface area is 155 Å². The lowest BCUT2D eigenvalue weighted by Crippen LogP contribution is -2.50. The van der Waals surface area contributed by atoms with Crippen molar-refractivity contribution in [2.75, 3.05) is 13.1 Å². The van der Waals surface area contributed by atoms with Crippen LogP contribution in [0.3, 0.4) is 0 Å². The minimum atomic E-state index is -0.127. The zero-order chi connectivity index (χ0) is 18.6. The Morgan fingerprint density at radius 3 is 2.50 bits per heavy atom. The second-order valence-corrected chi connectivity index (χ2v) is 7.69. The number of carbonyl (C=O) groups excluding carboxylic acids is 1. The summed E-state index contributed by atoms with van der Waals surface area (Å²) in [5.41, 5.74) is 0.643. The van der Waals surface area contributed by atoms with Crippen LogP contribution in [0, 0.1) is 0 Å². The van der Waals surface area contributed by atoms with Crippen LogP contribution >= 0.6 is 0 Å². The van der Waals surface area contributed by atoms with E-state index in [1.165, 1.54) is 0 Å². The minimum Gasteiger partial charge on any atom is -0.456 e. The van der Waals surface area contributed by atoms with E-state index in [0.29, 0.717) is 17.1 Å². The number of amides is 1. The quantitative estimate of drug-likeness (QED) is 0.907. The first-order valence-corrected chi connectivity index (χ1v) is 9.16. The molecule has 2 heterocycles. The van der Waals surface area contributed by atoms with Crippen LogP contribution in [0.2, 0.25) is 0 Å². The van der Waals surface area contributed by atoms with Crippen LogP contribution in [-0.2, 0) is 0 Å². The number of ether oxygens (including phenoxy) is 1. The van der Waals surface area contributed by atoms with Crippen LogP contribution in [0.5, 0.6) is 11.5 Å². The molecule has 0 unspecified atom stereocenters. The summed E-state index contributed by atoms with van der Waals surface area (Å²) in [5, 5.41) is 3.15. The highest BCUT2D eigenvalue weighted by atomic mass is 16.5. The number of likely N-dealkylation sites (tertiary alicyclic amines) is 1. The van der Waals surface area contributed by atoms with Crippen molar-refractivity contribution in [3.63, 3.8) is 0 Å². The summed E-state index contributed by atoms with van der Waals surface area (Å²) in [5.74, 6) is 1.10. The Kier molecular flexibility index (Phi) is 5.57. The van der Waals surface area contributed by atoms with Gasteiger partial charge >= 0.3 is 0 Å². The van der Waals surface area contributed by atoms with Crippen molar-refractivity contribution in [3.05, 3.63) is 54.4 Å². The molecule has 0 bridgehead atoms. The van der Waals surface area contributed by atoms with E-state index in [9.17, 15) is 4.79 Å².